The van der Waals surface area contributed by atoms with E-state index in [-0.39, 0.29) is 11.4 Å². The third-order valence-corrected chi connectivity index (χ3v) is 5.36. The average molecular weight is 491 g/mol. The standard InChI is InChI=1S/C26H23ClN4O4/c1-2-34-25-13-17(7-12-24(25)32)15-28-31-26(33)23-14-22(29-30-23)18-8-10-20(11-9-18)35-16-19-5-3-4-6-21(19)27/h3-15,32H,2,16H2,1H3,(H,29,30)(H,31,33). The van der Waals surface area contributed by atoms with Crippen molar-refractivity contribution in [1.82, 2.24) is 15.6 Å². The van der Waals surface area contributed by atoms with Crippen molar-refractivity contribution in [3.05, 3.63) is 94.6 Å². The van der Waals surface area contributed by atoms with Crippen LogP contribution in [0.5, 0.6) is 17.2 Å². The Hall–Kier alpha value is -4.30. The minimum Gasteiger partial charge on any atom is -0.504 e. The smallest absolute Gasteiger partial charge is 0.289 e. The molecule has 0 aliphatic carbocycles. The maximum Gasteiger partial charge on any atom is 0.289 e. The normalized spacial score (nSPS) is 10.9. The Labute approximate surface area is 207 Å². The zero-order valence-corrected chi connectivity index (χ0v) is 19.6. The zero-order valence-electron chi connectivity index (χ0n) is 18.9. The Bertz CT molecular complexity index is 1340. The fourth-order valence-electron chi connectivity index (χ4n) is 3.19. The van der Waals surface area contributed by atoms with Crippen LogP contribution in [0.4, 0.5) is 0 Å². The Kier molecular flexibility index (Phi) is 7.64. The van der Waals surface area contributed by atoms with Gasteiger partial charge < -0.3 is 14.6 Å². The highest BCUT2D eigenvalue weighted by Gasteiger charge is 2.11. The van der Waals surface area contributed by atoms with Crippen molar-refractivity contribution >= 4 is 23.7 Å². The quantitative estimate of drug-likeness (QED) is 0.221. The van der Waals surface area contributed by atoms with Gasteiger partial charge in [0, 0.05) is 16.1 Å². The van der Waals surface area contributed by atoms with Gasteiger partial charge in [-0.25, -0.2) is 5.43 Å². The lowest BCUT2D eigenvalue weighted by Crippen LogP contribution is -2.18. The van der Waals surface area contributed by atoms with Gasteiger partial charge in [0.25, 0.3) is 5.91 Å². The van der Waals surface area contributed by atoms with E-state index in [9.17, 15) is 9.90 Å². The second-order valence-corrected chi connectivity index (χ2v) is 7.84. The fourth-order valence-corrected chi connectivity index (χ4v) is 3.38. The molecular formula is C26H23ClN4O4. The van der Waals surface area contributed by atoms with E-state index in [1.165, 1.54) is 12.3 Å². The molecule has 4 aromatic rings. The Morgan fingerprint density at radius 2 is 1.91 bits per heavy atom. The summed E-state index contributed by atoms with van der Waals surface area (Å²) < 4.78 is 11.1. The average Bonchev–Trinajstić information content (AvgIpc) is 3.36. The van der Waals surface area contributed by atoms with Gasteiger partial charge in [-0.15, -0.1) is 0 Å². The topological polar surface area (TPSA) is 109 Å². The molecule has 1 amide bonds. The molecule has 0 saturated carbocycles. The number of aromatic nitrogens is 2. The number of hydrazone groups is 1. The van der Waals surface area contributed by atoms with Gasteiger partial charge in [-0.3, -0.25) is 9.89 Å². The van der Waals surface area contributed by atoms with Gasteiger partial charge in [0.05, 0.1) is 18.5 Å². The summed E-state index contributed by atoms with van der Waals surface area (Å²) in [6, 6.07) is 21.3. The van der Waals surface area contributed by atoms with Gasteiger partial charge >= 0.3 is 0 Å². The SMILES string of the molecule is CCOc1cc(C=NNC(=O)c2cc(-c3ccc(OCc4ccccc4Cl)cc3)n[nH]2)ccc1O. The molecule has 0 fully saturated rings. The number of phenolic OH excluding ortho intramolecular Hbond substituents is 1. The molecule has 0 aliphatic heterocycles. The highest BCUT2D eigenvalue weighted by atomic mass is 35.5. The molecule has 3 aromatic carbocycles. The first-order chi connectivity index (χ1) is 17.0. The predicted octanol–water partition coefficient (Wildman–Crippen LogP) is 5.18. The van der Waals surface area contributed by atoms with Crippen LogP contribution in [-0.2, 0) is 6.61 Å². The summed E-state index contributed by atoms with van der Waals surface area (Å²) in [4.78, 5) is 12.4. The van der Waals surface area contributed by atoms with Crippen molar-refractivity contribution in [3.63, 3.8) is 0 Å². The first kappa shape index (κ1) is 23.8. The van der Waals surface area contributed by atoms with E-state index in [1.54, 1.807) is 18.2 Å². The molecule has 0 bridgehead atoms. The van der Waals surface area contributed by atoms with Gasteiger partial charge in [0.2, 0.25) is 0 Å². The molecule has 0 aliphatic rings. The lowest BCUT2D eigenvalue weighted by Gasteiger charge is -2.08. The number of amides is 1. The number of benzene rings is 3. The zero-order chi connectivity index (χ0) is 24.6. The number of nitrogens with one attached hydrogen (secondary N) is 2. The summed E-state index contributed by atoms with van der Waals surface area (Å²) in [6.45, 7) is 2.61. The molecule has 1 aromatic heterocycles. The van der Waals surface area contributed by atoms with Crippen LogP contribution < -0.4 is 14.9 Å². The second-order valence-electron chi connectivity index (χ2n) is 7.43. The number of aromatic amines is 1. The van der Waals surface area contributed by atoms with Crippen molar-refractivity contribution in [2.24, 2.45) is 5.10 Å². The third kappa shape index (κ3) is 6.18. The van der Waals surface area contributed by atoms with E-state index < -0.39 is 5.91 Å². The lowest BCUT2D eigenvalue weighted by atomic mass is 10.1. The molecule has 4 rings (SSSR count). The summed E-state index contributed by atoms with van der Waals surface area (Å²) in [6.07, 6.45) is 1.46. The van der Waals surface area contributed by atoms with Gasteiger partial charge in [0.15, 0.2) is 11.5 Å². The highest BCUT2D eigenvalue weighted by Crippen LogP contribution is 2.26. The number of aromatic hydroxyl groups is 1. The first-order valence-electron chi connectivity index (χ1n) is 10.8. The second kappa shape index (κ2) is 11.2. The number of hydrogen-bond donors (Lipinski definition) is 3. The van der Waals surface area contributed by atoms with E-state index in [0.717, 1.165) is 11.1 Å². The van der Waals surface area contributed by atoms with Crippen LogP contribution in [0.1, 0.15) is 28.5 Å². The predicted molar refractivity (Wildman–Crippen MR) is 134 cm³/mol. The van der Waals surface area contributed by atoms with Crippen molar-refractivity contribution < 1.29 is 19.4 Å². The number of carbonyl (C=O) groups excluding carboxylic acids is 1. The maximum atomic E-state index is 12.4. The van der Waals surface area contributed by atoms with Crippen LogP contribution in [0, 0.1) is 0 Å². The van der Waals surface area contributed by atoms with E-state index in [4.69, 9.17) is 21.1 Å². The molecular weight excluding hydrogens is 468 g/mol. The Balaban J connectivity index is 1.34. The van der Waals surface area contributed by atoms with Crippen LogP contribution in [0.15, 0.2) is 77.9 Å². The molecule has 0 spiro atoms. The van der Waals surface area contributed by atoms with E-state index in [0.29, 0.717) is 41.0 Å². The molecule has 8 nitrogen and oxygen atoms in total. The largest absolute Gasteiger partial charge is 0.504 e. The van der Waals surface area contributed by atoms with E-state index >= 15 is 0 Å². The number of halogens is 1. The molecule has 35 heavy (non-hydrogen) atoms. The first-order valence-corrected chi connectivity index (χ1v) is 11.2. The van der Waals surface area contributed by atoms with Crippen molar-refractivity contribution in [2.75, 3.05) is 6.61 Å². The van der Waals surface area contributed by atoms with Gasteiger partial charge in [-0.2, -0.15) is 10.2 Å². The van der Waals surface area contributed by atoms with Crippen LogP contribution in [-0.4, -0.2) is 34.0 Å². The van der Waals surface area contributed by atoms with E-state index in [1.807, 2.05) is 55.5 Å². The number of phenols is 1. The summed E-state index contributed by atoms with van der Waals surface area (Å²) in [7, 11) is 0. The maximum absolute atomic E-state index is 12.4. The Morgan fingerprint density at radius 1 is 1.11 bits per heavy atom. The minimum atomic E-state index is -0.441. The molecule has 0 atom stereocenters. The summed E-state index contributed by atoms with van der Waals surface area (Å²) in [5.41, 5.74) is 5.71. The number of hydrogen-bond acceptors (Lipinski definition) is 6. The van der Waals surface area contributed by atoms with Crippen molar-refractivity contribution in [3.8, 4) is 28.5 Å². The number of H-pyrrole nitrogens is 1. The van der Waals surface area contributed by atoms with E-state index in [2.05, 4.69) is 20.7 Å². The molecule has 1 heterocycles. The number of ether oxygens (including phenoxy) is 2. The van der Waals surface area contributed by atoms with Gasteiger partial charge in [0.1, 0.15) is 18.1 Å². The molecule has 178 valence electrons. The fraction of sp³-hybridized carbons (Fsp3) is 0.115. The molecule has 9 heteroatoms. The molecule has 0 unspecified atom stereocenters. The monoisotopic (exact) mass is 490 g/mol. The summed E-state index contributed by atoms with van der Waals surface area (Å²) in [5.74, 6) is 0.640. The summed E-state index contributed by atoms with van der Waals surface area (Å²) in [5, 5.41) is 21.3. The van der Waals surface area contributed by atoms with Crippen molar-refractivity contribution in [1.29, 1.82) is 0 Å². The van der Waals surface area contributed by atoms with Gasteiger partial charge in [-0.05, 0) is 67.1 Å². The lowest BCUT2D eigenvalue weighted by molar-refractivity contribution is 0.0950. The number of rotatable bonds is 9. The third-order valence-electron chi connectivity index (χ3n) is 4.99. The number of carbonyl (C=O) groups is 1. The minimum absolute atomic E-state index is 0.0400. The van der Waals surface area contributed by atoms with Crippen LogP contribution in [0.3, 0.4) is 0 Å². The highest BCUT2D eigenvalue weighted by molar-refractivity contribution is 6.31. The Morgan fingerprint density at radius 3 is 2.69 bits per heavy atom. The van der Waals surface area contributed by atoms with Crippen LogP contribution in [0.2, 0.25) is 5.02 Å². The molecule has 0 saturated heterocycles. The van der Waals surface area contributed by atoms with Gasteiger partial charge in [-0.1, -0.05) is 29.8 Å². The summed E-state index contributed by atoms with van der Waals surface area (Å²) >= 11 is 6.16. The van der Waals surface area contributed by atoms with Crippen molar-refractivity contribution in [2.45, 2.75) is 13.5 Å². The van der Waals surface area contributed by atoms with Crippen LogP contribution in [0.25, 0.3) is 11.3 Å². The number of nitrogens with zero attached hydrogens (tertiary/aromatic N) is 2. The molecule has 3 N–H and O–H groups in total. The van der Waals surface area contributed by atoms with Crippen LogP contribution >= 0.6 is 11.6 Å². The molecule has 0 radical (unpaired) electrons.